The van der Waals surface area contributed by atoms with E-state index in [1.165, 1.54) is 41.7 Å². The molecule has 4 aliphatic heterocycles. The normalized spacial score (nSPS) is 19.4. The molecule has 35 nitrogen and oxygen atoms in total. The third-order valence-corrected chi connectivity index (χ3v) is 20.1. The first-order valence-electron chi connectivity index (χ1n) is 35.5. The number of primary amides is 1. The number of thioether (sulfide) groups is 1. The quantitative estimate of drug-likeness (QED) is 0.00911. The number of aromatic nitrogens is 3. The van der Waals surface area contributed by atoms with Crippen LogP contribution >= 0.6 is 11.8 Å². The molecule has 22 N–H and O–H groups in total. The Morgan fingerprint density at radius 2 is 1.34 bits per heavy atom. The minimum atomic E-state index is -1.82. The average Bonchev–Trinajstić information content (AvgIpc) is 1.70. The minimum absolute atomic E-state index is 0.000827. The molecule has 6 heterocycles. The van der Waals surface area contributed by atoms with Gasteiger partial charge in [-0.05, 0) is 106 Å². The number of para-hydroxylation sites is 1. The molecule has 2 aromatic carbocycles. The first-order valence-corrected chi connectivity index (χ1v) is 36.6. The number of nitrogens with two attached hydrogens (primary N) is 3. The number of nitrogens with zero attached hydrogens (tertiary/aromatic N) is 3. The highest BCUT2D eigenvalue weighted by molar-refractivity contribution is 8.00. The zero-order valence-electron chi connectivity index (χ0n) is 58.8. The summed E-state index contributed by atoms with van der Waals surface area (Å²) in [5, 5.41) is 54.8. The number of aliphatic hydroxyl groups excluding tert-OH is 1. The number of fused-ring (bicyclic) bond motifs is 2. The summed E-state index contributed by atoms with van der Waals surface area (Å²) in [5.41, 5.74) is 18.5. The Balaban J connectivity index is 1.01. The number of carbonyl (C=O) groups is 13. The maximum atomic E-state index is 15.1. The number of urea groups is 1. The zero-order valence-corrected chi connectivity index (χ0v) is 59.6. The van der Waals surface area contributed by atoms with E-state index in [0.717, 1.165) is 18.6 Å². The summed E-state index contributed by atoms with van der Waals surface area (Å²) >= 11 is 1.78. The number of nitrogens with one attached hydrogen (secondary N) is 14. The van der Waals surface area contributed by atoms with Crippen molar-refractivity contribution >= 4 is 106 Å². The second-order valence-corrected chi connectivity index (χ2v) is 28.4. The van der Waals surface area contributed by atoms with Crippen molar-refractivity contribution in [1.29, 1.82) is 0 Å². The fraction of sp³-hybridized carbons (Fsp3) is 0.551. The lowest BCUT2D eigenvalue weighted by molar-refractivity contribution is -0.142. The molecule has 4 aromatic rings. The highest BCUT2D eigenvalue weighted by Gasteiger charge is 2.44. The van der Waals surface area contributed by atoms with E-state index in [2.05, 4.69) is 83.7 Å². The number of imidazole rings is 1. The van der Waals surface area contributed by atoms with Crippen molar-refractivity contribution in [3.8, 4) is 5.75 Å². The first-order chi connectivity index (χ1) is 50.3. The van der Waals surface area contributed by atoms with Gasteiger partial charge >= 0.3 is 6.03 Å². The summed E-state index contributed by atoms with van der Waals surface area (Å²) in [5.74, 6) is -8.65. The van der Waals surface area contributed by atoms with Gasteiger partial charge in [-0.2, -0.15) is 11.8 Å². The van der Waals surface area contributed by atoms with Gasteiger partial charge in [0.2, 0.25) is 70.9 Å². The predicted octanol–water partition coefficient (Wildman–Crippen LogP) is -3.01. The Morgan fingerprint density at radius 3 is 2.03 bits per heavy atom. The van der Waals surface area contributed by atoms with Crippen LogP contribution in [0.25, 0.3) is 10.9 Å². The summed E-state index contributed by atoms with van der Waals surface area (Å²) in [7, 11) is 0. The molecule has 0 aliphatic carbocycles. The summed E-state index contributed by atoms with van der Waals surface area (Å²) in [6.45, 7) is 2.41. The molecule has 0 radical (unpaired) electrons. The molecular weight excluding hydrogens is 1380 g/mol. The van der Waals surface area contributed by atoms with E-state index < -0.39 is 127 Å². The molecule has 4 fully saturated rings. The van der Waals surface area contributed by atoms with Crippen LogP contribution in [0.3, 0.4) is 0 Å². The lowest BCUT2D eigenvalue weighted by Crippen LogP contribution is -2.61. The molecular formula is C69H98N20O15S. The van der Waals surface area contributed by atoms with Crippen molar-refractivity contribution in [3.05, 3.63) is 84.1 Å². The van der Waals surface area contributed by atoms with Crippen molar-refractivity contribution in [1.82, 2.24) is 83.7 Å². The second-order valence-electron chi connectivity index (χ2n) is 27.2. The Kier molecular flexibility index (Phi) is 30.1. The SMILES string of the molecule is CC(C)C[C@H](NC(=O)[C@@H](CCCCNC(=O)CCCC[C@@H]1SC[C@@H]2NC(=O)N[C@@H]21)NC(=O)[C@H](Cc1ccc(O)cc1)NC(=O)[C@H](CO)NC(=O)[C@H](Cc1c[nH]c2ccccc12)NC(=O)[C@H](Cc1cnc[nH]1)NC(=O)[C@@H]1CCC(=O)N1)C(=O)N[C@@H](CCCN=C(N)N)C(=O)N1CCC[C@H]1C(=O)NCC(N)=O. The van der Waals surface area contributed by atoms with Gasteiger partial charge in [-0.15, -0.1) is 0 Å². The van der Waals surface area contributed by atoms with E-state index >= 15 is 9.59 Å². The van der Waals surface area contributed by atoms with Crippen molar-refractivity contribution in [2.75, 3.05) is 38.5 Å². The molecule has 0 spiro atoms. The molecule has 8 rings (SSSR count). The molecule has 105 heavy (non-hydrogen) atoms. The lowest BCUT2D eigenvalue weighted by Gasteiger charge is -2.30. The second kappa shape index (κ2) is 39.4. The van der Waals surface area contributed by atoms with Crippen LogP contribution in [0.5, 0.6) is 5.75 Å². The molecule has 0 bridgehead atoms. The molecule has 2 aromatic heterocycles. The van der Waals surface area contributed by atoms with Crippen LogP contribution in [0, 0.1) is 5.92 Å². The number of hydrogen-bond acceptors (Lipinski definition) is 18. The Labute approximate surface area is 610 Å². The molecule has 36 heteroatoms. The number of likely N-dealkylation sites (tertiary alicyclic amines) is 1. The number of unbranched alkanes of at least 4 members (excludes halogenated alkanes) is 2. The van der Waals surface area contributed by atoms with Crippen LogP contribution in [0.2, 0.25) is 0 Å². The van der Waals surface area contributed by atoms with Gasteiger partial charge in [0.1, 0.15) is 60.1 Å². The van der Waals surface area contributed by atoms with Gasteiger partial charge < -0.3 is 106 Å². The van der Waals surface area contributed by atoms with E-state index in [4.69, 9.17) is 17.2 Å². The third-order valence-electron chi connectivity index (χ3n) is 18.6. The third kappa shape index (κ3) is 24.3. The topological polar surface area (TPSA) is 545 Å². The van der Waals surface area contributed by atoms with Crippen LogP contribution in [0.1, 0.15) is 121 Å². The fourth-order valence-corrected chi connectivity index (χ4v) is 14.7. The van der Waals surface area contributed by atoms with Gasteiger partial charge in [0.05, 0.1) is 31.6 Å². The molecule has 0 saturated carbocycles. The van der Waals surface area contributed by atoms with Gasteiger partial charge in [0.25, 0.3) is 0 Å². The highest BCUT2D eigenvalue weighted by atomic mass is 32.2. The number of rotatable bonds is 41. The number of carbonyl (C=O) groups excluding carboxylic acids is 13. The highest BCUT2D eigenvalue weighted by Crippen LogP contribution is 2.33. The smallest absolute Gasteiger partial charge is 0.315 e. The number of phenolic OH excluding ortho intramolecular Hbond substituents is 1. The maximum absolute atomic E-state index is 15.1. The summed E-state index contributed by atoms with van der Waals surface area (Å²) in [4.78, 5) is 194. The van der Waals surface area contributed by atoms with E-state index in [-0.39, 0.29) is 149 Å². The molecule has 12 atom stereocenters. The van der Waals surface area contributed by atoms with E-state index in [1.807, 2.05) is 0 Å². The molecule has 570 valence electrons. The number of phenols is 1. The van der Waals surface area contributed by atoms with Crippen molar-refractivity contribution in [2.45, 2.75) is 195 Å². The number of hydrogen-bond donors (Lipinski definition) is 19. The van der Waals surface area contributed by atoms with Crippen molar-refractivity contribution in [3.63, 3.8) is 0 Å². The summed E-state index contributed by atoms with van der Waals surface area (Å²) in [6, 6.07) is 0.328. The summed E-state index contributed by atoms with van der Waals surface area (Å²) < 4.78 is 0. The van der Waals surface area contributed by atoms with Gasteiger partial charge in [-0.1, -0.05) is 50.6 Å². The molecule has 14 amide bonds. The molecule has 0 unspecified atom stereocenters. The Morgan fingerprint density at radius 1 is 0.686 bits per heavy atom. The van der Waals surface area contributed by atoms with Crippen LogP contribution < -0.4 is 81.0 Å². The lowest BCUT2D eigenvalue weighted by atomic mass is 10.00. The average molecular weight is 1480 g/mol. The summed E-state index contributed by atoms with van der Waals surface area (Å²) in [6.07, 6.45) is 7.65. The Bertz CT molecular complexity index is 3740. The van der Waals surface area contributed by atoms with Gasteiger partial charge in [-0.25, -0.2) is 9.78 Å². The van der Waals surface area contributed by atoms with E-state index in [1.54, 1.807) is 56.1 Å². The first kappa shape index (κ1) is 80.2. The number of aromatic amines is 2. The fourth-order valence-electron chi connectivity index (χ4n) is 13.1. The number of amides is 14. The van der Waals surface area contributed by atoms with E-state index in [0.29, 0.717) is 47.0 Å². The van der Waals surface area contributed by atoms with Crippen LogP contribution in [0.15, 0.2) is 72.2 Å². The number of aliphatic hydroxyl groups is 1. The zero-order chi connectivity index (χ0) is 75.7. The Hall–Kier alpha value is -10.5. The van der Waals surface area contributed by atoms with E-state index in [9.17, 15) is 63.0 Å². The van der Waals surface area contributed by atoms with Crippen molar-refractivity contribution in [2.24, 2.45) is 28.1 Å². The predicted molar refractivity (Wildman–Crippen MR) is 385 cm³/mol. The van der Waals surface area contributed by atoms with Crippen LogP contribution in [-0.2, 0) is 76.8 Å². The number of aromatic hydroxyl groups is 1. The molecule has 4 aliphatic rings. The van der Waals surface area contributed by atoms with Crippen molar-refractivity contribution < 1.29 is 72.5 Å². The largest absolute Gasteiger partial charge is 0.508 e. The standard InChI is InChI=1S/C69H98N20O15S/c1-37(2)27-47(61(97)81-46(14-9-25-75-68(71)72)67(103)89-26-10-15-53(89)66(102)77-33-55(70)92)82-59(95)44(13-7-8-24-74-56(93)17-6-5-16-54-58-52(35-105-54)87-69(104)88-58)80-62(98)48(28-38-18-20-41(91)21-19-38)83-65(101)51(34-90)86-63(99)49(29-39-31-76-43-12-4-3-11-42(39)43)84-64(100)50(30-40-32-73-36-78-40)85-60(96)45-22-23-57(94)79-45/h3-4,11-12,18-21,31-32,36-37,44-54,58,76,90-91H,5-10,13-17,22-30,33-35H2,1-2H3,(H2,70,92)(H,73,78)(H,74,93)(H,77,102)(H,79,94)(H,80,98)(H,81,97)(H,82,95)(H,83,101)(H,84,100)(H,85,96)(H,86,99)(H4,71,72,75)(H2,87,88,104)/t44-,45+,46+,47+,48+,49+,50+,51+,52+,53+,54+,58+/m1/s1. The number of H-pyrrole nitrogens is 2. The number of benzene rings is 2. The van der Waals surface area contributed by atoms with Gasteiger partial charge in [0, 0.05) is 91.7 Å². The monoisotopic (exact) mass is 1480 g/mol. The van der Waals surface area contributed by atoms with Gasteiger partial charge in [-0.3, -0.25) is 62.5 Å². The van der Waals surface area contributed by atoms with Crippen LogP contribution in [-0.4, -0.2) is 223 Å². The minimum Gasteiger partial charge on any atom is -0.508 e. The van der Waals surface area contributed by atoms with Crippen LogP contribution in [0.4, 0.5) is 4.79 Å². The maximum Gasteiger partial charge on any atom is 0.315 e. The van der Waals surface area contributed by atoms with Gasteiger partial charge in [0.15, 0.2) is 5.96 Å². The number of aliphatic imine (C=N–C) groups is 1. The number of guanidine groups is 1. The molecule has 4 saturated heterocycles.